The van der Waals surface area contributed by atoms with Gasteiger partial charge in [0.15, 0.2) is 0 Å². The van der Waals surface area contributed by atoms with Gasteiger partial charge in [0.1, 0.15) is 0 Å². The second-order valence-corrected chi connectivity index (χ2v) is 6.32. The number of rotatable bonds is 4. The van der Waals surface area contributed by atoms with Crippen LogP contribution in [0.15, 0.2) is 0 Å². The molecule has 1 N–H and O–H groups in total. The summed E-state index contributed by atoms with van der Waals surface area (Å²) in [5, 5.41) is 3.79. The van der Waals surface area contributed by atoms with Crippen molar-refractivity contribution in [2.24, 2.45) is 11.3 Å². The molecule has 2 aliphatic rings. The molecule has 2 atom stereocenters. The molecular weight excluding hydrogens is 198 g/mol. The van der Waals surface area contributed by atoms with E-state index in [-0.39, 0.29) is 0 Å². The molecular formula is C14H27NO. The van der Waals surface area contributed by atoms with E-state index in [0.29, 0.717) is 23.7 Å². The third kappa shape index (κ3) is 2.78. The van der Waals surface area contributed by atoms with Gasteiger partial charge in [0.25, 0.3) is 0 Å². The van der Waals surface area contributed by atoms with E-state index >= 15 is 0 Å². The molecule has 94 valence electrons. The molecule has 0 aromatic heterocycles. The highest BCUT2D eigenvalue weighted by molar-refractivity contribution is 4.98. The molecule has 2 fully saturated rings. The molecule has 1 saturated carbocycles. The zero-order chi connectivity index (χ0) is 11.8. The molecule has 1 saturated heterocycles. The van der Waals surface area contributed by atoms with Crippen molar-refractivity contribution in [1.29, 1.82) is 0 Å². The molecule has 0 amide bonds. The molecule has 1 aliphatic carbocycles. The van der Waals surface area contributed by atoms with Gasteiger partial charge in [-0.1, -0.05) is 13.8 Å². The van der Waals surface area contributed by atoms with Gasteiger partial charge in [-0.05, 0) is 50.9 Å². The molecule has 16 heavy (non-hydrogen) atoms. The van der Waals surface area contributed by atoms with Crippen molar-refractivity contribution in [3.05, 3.63) is 0 Å². The van der Waals surface area contributed by atoms with Crippen molar-refractivity contribution in [3.63, 3.8) is 0 Å². The average Bonchev–Trinajstić information content (AvgIpc) is 2.94. The van der Waals surface area contributed by atoms with Crippen molar-refractivity contribution < 1.29 is 4.74 Å². The molecule has 1 aliphatic heterocycles. The Labute approximate surface area is 100 Å². The van der Waals surface area contributed by atoms with Crippen LogP contribution >= 0.6 is 0 Å². The van der Waals surface area contributed by atoms with E-state index < -0.39 is 0 Å². The highest BCUT2D eigenvalue weighted by atomic mass is 16.5. The first-order chi connectivity index (χ1) is 7.52. The van der Waals surface area contributed by atoms with Crippen molar-refractivity contribution in [2.75, 3.05) is 6.54 Å². The number of nitrogens with one attached hydrogen (secondary N) is 1. The topological polar surface area (TPSA) is 21.3 Å². The van der Waals surface area contributed by atoms with Gasteiger partial charge in [-0.15, -0.1) is 0 Å². The molecule has 1 heterocycles. The minimum absolute atomic E-state index is 0.426. The van der Waals surface area contributed by atoms with Gasteiger partial charge in [0.2, 0.25) is 0 Å². The second-order valence-electron chi connectivity index (χ2n) is 6.32. The molecule has 0 aromatic carbocycles. The molecule has 2 unspecified atom stereocenters. The maximum absolute atomic E-state index is 5.77. The maximum Gasteiger partial charge on any atom is 0.0565 e. The SMILES string of the molecule is CC1CC(NCC2(C(C)C)CC2)CC(C)O1. The van der Waals surface area contributed by atoms with Crippen LogP contribution in [0.3, 0.4) is 0 Å². The van der Waals surface area contributed by atoms with Crippen LogP contribution in [0, 0.1) is 11.3 Å². The van der Waals surface area contributed by atoms with E-state index in [0.717, 1.165) is 5.92 Å². The zero-order valence-electron chi connectivity index (χ0n) is 11.3. The van der Waals surface area contributed by atoms with Crippen molar-refractivity contribution >= 4 is 0 Å². The second kappa shape index (κ2) is 4.66. The van der Waals surface area contributed by atoms with Crippen LogP contribution < -0.4 is 5.32 Å². The minimum atomic E-state index is 0.426. The van der Waals surface area contributed by atoms with Crippen molar-refractivity contribution in [3.8, 4) is 0 Å². The van der Waals surface area contributed by atoms with E-state index in [1.54, 1.807) is 0 Å². The van der Waals surface area contributed by atoms with Crippen LogP contribution in [-0.2, 0) is 4.74 Å². The molecule has 0 bridgehead atoms. The van der Waals surface area contributed by atoms with Gasteiger partial charge in [-0.2, -0.15) is 0 Å². The Hall–Kier alpha value is -0.0800. The first-order valence-corrected chi connectivity index (χ1v) is 6.91. The highest BCUT2D eigenvalue weighted by Gasteiger charge is 2.45. The van der Waals surface area contributed by atoms with Crippen molar-refractivity contribution in [2.45, 2.75) is 71.6 Å². The lowest BCUT2D eigenvalue weighted by Crippen LogP contribution is -2.43. The van der Waals surface area contributed by atoms with Crippen molar-refractivity contribution in [1.82, 2.24) is 5.32 Å². The lowest BCUT2D eigenvalue weighted by molar-refractivity contribution is -0.0428. The lowest BCUT2D eigenvalue weighted by Gasteiger charge is -2.34. The summed E-state index contributed by atoms with van der Waals surface area (Å²) >= 11 is 0. The van der Waals surface area contributed by atoms with E-state index in [9.17, 15) is 0 Å². The van der Waals surface area contributed by atoms with E-state index in [1.807, 2.05) is 0 Å². The van der Waals surface area contributed by atoms with Crippen LogP contribution in [-0.4, -0.2) is 24.8 Å². The number of ether oxygens (including phenoxy) is 1. The normalized spacial score (nSPS) is 37.7. The number of hydrogen-bond donors (Lipinski definition) is 1. The largest absolute Gasteiger partial charge is 0.375 e. The van der Waals surface area contributed by atoms with Gasteiger partial charge in [-0.3, -0.25) is 0 Å². The Balaban J connectivity index is 1.77. The molecule has 0 aromatic rings. The quantitative estimate of drug-likeness (QED) is 0.794. The fourth-order valence-corrected chi connectivity index (χ4v) is 3.04. The fraction of sp³-hybridized carbons (Fsp3) is 1.00. The highest BCUT2D eigenvalue weighted by Crippen LogP contribution is 2.51. The molecule has 0 radical (unpaired) electrons. The smallest absolute Gasteiger partial charge is 0.0565 e. The predicted octanol–water partition coefficient (Wildman–Crippen LogP) is 2.97. The molecule has 2 nitrogen and oxygen atoms in total. The van der Waals surface area contributed by atoms with Crippen LogP contribution in [0.2, 0.25) is 0 Å². The predicted molar refractivity (Wildman–Crippen MR) is 67.5 cm³/mol. The Bertz CT molecular complexity index is 225. The Morgan fingerprint density at radius 3 is 2.19 bits per heavy atom. The average molecular weight is 225 g/mol. The zero-order valence-corrected chi connectivity index (χ0v) is 11.3. The minimum Gasteiger partial charge on any atom is -0.375 e. The van der Waals surface area contributed by atoms with Gasteiger partial charge in [0.05, 0.1) is 12.2 Å². The lowest BCUT2D eigenvalue weighted by atomic mass is 9.91. The summed E-state index contributed by atoms with van der Waals surface area (Å²) in [6.45, 7) is 10.3. The van der Waals surface area contributed by atoms with Crippen LogP contribution in [0.5, 0.6) is 0 Å². The summed E-state index contributed by atoms with van der Waals surface area (Å²) < 4.78 is 5.77. The summed E-state index contributed by atoms with van der Waals surface area (Å²) in [4.78, 5) is 0. The number of hydrogen-bond acceptors (Lipinski definition) is 2. The Morgan fingerprint density at radius 1 is 1.19 bits per heavy atom. The summed E-state index contributed by atoms with van der Waals surface area (Å²) in [6, 6.07) is 0.676. The van der Waals surface area contributed by atoms with Gasteiger partial charge in [0, 0.05) is 12.6 Å². The Kier molecular flexibility index (Phi) is 3.60. The molecule has 2 rings (SSSR count). The fourth-order valence-electron chi connectivity index (χ4n) is 3.04. The maximum atomic E-state index is 5.77. The van der Waals surface area contributed by atoms with Gasteiger partial charge < -0.3 is 10.1 Å². The summed E-state index contributed by atoms with van der Waals surface area (Å²) in [7, 11) is 0. The van der Waals surface area contributed by atoms with Crippen LogP contribution in [0.1, 0.15) is 53.4 Å². The standard InChI is InChI=1S/C14H27NO/c1-10(2)14(5-6-14)9-15-13-7-11(3)16-12(4)8-13/h10-13,15H,5-9H2,1-4H3. The molecule has 0 spiro atoms. The first kappa shape index (κ1) is 12.4. The van der Waals surface area contributed by atoms with E-state index in [4.69, 9.17) is 4.74 Å². The summed E-state index contributed by atoms with van der Waals surface area (Å²) in [6.07, 6.45) is 6.06. The van der Waals surface area contributed by atoms with Gasteiger partial charge >= 0.3 is 0 Å². The van der Waals surface area contributed by atoms with E-state index in [1.165, 1.54) is 32.2 Å². The van der Waals surface area contributed by atoms with E-state index in [2.05, 4.69) is 33.0 Å². The Morgan fingerprint density at radius 2 is 1.75 bits per heavy atom. The first-order valence-electron chi connectivity index (χ1n) is 6.91. The van der Waals surface area contributed by atoms with Crippen LogP contribution in [0.25, 0.3) is 0 Å². The summed E-state index contributed by atoms with van der Waals surface area (Å²) in [5.41, 5.74) is 0.630. The monoisotopic (exact) mass is 225 g/mol. The summed E-state index contributed by atoms with van der Waals surface area (Å²) in [5.74, 6) is 0.828. The third-order valence-electron chi connectivity index (χ3n) is 4.56. The van der Waals surface area contributed by atoms with Crippen LogP contribution in [0.4, 0.5) is 0 Å². The third-order valence-corrected chi connectivity index (χ3v) is 4.56. The molecule has 2 heteroatoms. The van der Waals surface area contributed by atoms with Gasteiger partial charge in [-0.25, -0.2) is 0 Å².